The molecule has 2 fully saturated rings. The molecule has 9 nitrogen and oxygen atoms in total. The largest absolute Gasteiger partial charge is 0.271 e. The third-order valence-electron chi connectivity index (χ3n) is 9.15. The first-order valence-electron chi connectivity index (χ1n) is 15.2. The number of para-hydroxylation sites is 1. The van der Waals surface area contributed by atoms with Crippen LogP contribution in [0.15, 0.2) is 75.6 Å². The van der Waals surface area contributed by atoms with Crippen molar-refractivity contribution in [3.63, 3.8) is 0 Å². The number of carbonyl (C=O) groups is 3. The maximum Gasteiger partial charge on any atom is 0.264 e. The van der Waals surface area contributed by atoms with Gasteiger partial charge in [0.1, 0.15) is 6.54 Å². The minimum atomic E-state index is -1.04. The Bertz CT molecular complexity index is 1920. The van der Waals surface area contributed by atoms with Gasteiger partial charge < -0.3 is 0 Å². The van der Waals surface area contributed by atoms with Crippen LogP contribution in [-0.4, -0.2) is 52.1 Å². The van der Waals surface area contributed by atoms with Crippen LogP contribution in [0.2, 0.25) is 20.1 Å². The number of allylic oxidation sites excluding steroid dienone is 1. The molecule has 3 aliphatic heterocycles. The van der Waals surface area contributed by atoms with Crippen LogP contribution in [0.4, 0.5) is 5.69 Å². The molecule has 13 heteroatoms. The van der Waals surface area contributed by atoms with Crippen LogP contribution in [0.25, 0.3) is 6.08 Å². The van der Waals surface area contributed by atoms with Gasteiger partial charge in [-0.15, -0.1) is 0 Å². The molecule has 47 heavy (non-hydrogen) atoms. The summed E-state index contributed by atoms with van der Waals surface area (Å²) in [5.41, 5.74) is 5.32. The number of halogens is 4. The van der Waals surface area contributed by atoms with Gasteiger partial charge in [0.05, 0.1) is 17.4 Å². The zero-order valence-electron chi connectivity index (χ0n) is 25.3. The number of benzene rings is 3. The lowest BCUT2D eigenvalue weighted by Crippen LogP contribution is -2.45. The van der Waals surface area contributed by atoms with E-state index >= 15 is 0 Å². The number of amides is 3. The quantitative estimate of drug-likeness (QED) is 0.251. The van der Waals surface area contributed by atoms with Gasteiger partial charge in [-0.3, -0.25) is 19.4 Å². The highest BCUT2D eigenvalue weighted by Crippen LogP contribution is 2.47. The molecule has 1 saturated carbocycles. The Hall–Kier alpha value is -3.76. The Balaban J connectivity index is 1.22. The molecule has 0 radical (unpaired) electrons. The summed E-state index contributed by atoms with van der Waals surface area (Å²) >= 11 is 25.6. The SMILES string of the molecule is Cc1cccc(C)c1N1C(=O)[C@H]2N=NN(CC(=O)N3N=C4/C(=C/c5ccc(Cl)cc5Cl)CCC[C@H]4[C@H]3c3ccc(Cl)cc3Cl)[C@H]2C1=O. The average Bonchev–Trinajstić information content (AvgIpc) is 3.69. The molecule has 7 rings (SSSR count). The van der Waals surface area contributed by atoms with Crippen molar-refractivity contribution in [3.8, 4) is 0 Å². The molecule has 240 valence electrons. The van der Waals surface area contributed by atoms with Crippen molar-refractivity contribution >= 4 is 81.6 Å². The van der Waals surface area contributed by atoms with E-state index in [1.807, 2.05) is 50.3 Å². The number of anilines is 1. The van der Waals surface area contributed by atoms with Gasteiger partial charge in [0, 0.05) is 26.0 Å². The number of fused-ring (bicyclic) bond motifs is 2. The zero-order valence-corrected chi connectivity index (χ0v) is 28.4. The first kappa shape index (κ1) is 31.8. The lowest BCUT2D eigenvalue weighted by molar-refractivity contribution is -0.136. The van der Waals surface area contributed by atoms with Crippen LogP contribution >= 0.6 is 46.4 Å². The van der Waals surface area contributed by atoms with Crippen molar-refractivity contribution in [1.82, 2.24) is 10.0 Å². The number of imide groups is 1. The summed E-state index contributed by atoms with van der Waals surface area (Å²) < 4.78 is 0. The van der Waals surface area contributed by atoms with Crippen LogP contribution in [0.1, 0.15) is 47.6 Å². The monoisotopic (exact) mass is 708 g/mol. The van der Waals surface area contributed by atoms with Crippen molar-refractivity contribution in [2.45, 2.75) is 51.2 Å². The third kappa shape index (κ3) is 5.53. The Morgan fingerprint density at radius 2 is 1.62 bits per heavy atom. The highest BCUT2D eigenvalue weighted by Gasteiger charge is 2.56. The van der Waals surface area contributed by atoms with Crippen molar-refractivity contribution in [3.05, 3.63) is 103 Å². The van der Waals surface area contributed by atoms with E-state index in [0.717, 1.165) is 47.2 Å². The lowest BCUT2D eigenvalue weighted by atomic mass is 9.77. The van der Waals surface area contributed by atoms with Gasteiger partial charge in [-0.05, 0) is 91.3 Å². The molecule has 1 saturated heterocycles. The van der Waals surface area contributed by atoms with Gasteiger partial charge in [0.15, 0.2) is 12.1 Å². The van der Waals surface area contributed by atoms with Gasteiger partial charge >= 0.3 is 0 Å². The molecule has 4 aliphatic rings. The first-order chi connectivity index (χ1) is 22.5. The van der Waals surface area contributed by atoms with Gasteiger partial charge in [0.25, 0.3) is 17.7 Å². The molecule has 0 bridgehead atoms. The van der Waals surface area contributed by atoms with E-state index in [1.54, 1.807) is 24.3 Å². The Morgan fingerprint density at radius 3 is 2.32 bits per heavy atom. The summed E-state index contributed by atoms with van der Waals surface area (Å²) in [4.78, 5) is 42.6. The van der Waals surface area contributed by atoms with Crippen LogP contribution in [0.3, 0.4) is 0 Å². The number of nitrogens with zero attached hydrogens (tertiary/aromatic N) is 6. The van der Waals surface area contributed by atoms with Crippen LogP contribution in [0, 0.1) is 19.8 Å². The van der Waals surface area contributed by atoms with Crippen molar-refractivity contribution in [2.24, 2.45) is 21.4 Å². The zero-order chi connectivity index (χ0) is 33.1. The fourth-order valence-electron chi connectivity index (χ4n) is 7.01. The van der Waals surface area contributed by atoms with E-state index in [-0.39, 0.29) is 12.5 Å². The third-order valence-corrected chi connectivity index (χ3v) is 10.3. The first-order valence-corrected chi connectivity index (χ1v) is 16.7. The minimum absolute atomic E-state index is 0.161. The van der Waals surface area contributed by atoms with E-state index in [4.69, 9.17) is 51.5 Å². The Labute approximate surface area is 291 Å². The average molecular weight is 710 g/mol. The van der Waals surface area contributed by atoms with E-state index in [1.165, 1.54) is 14.9 Å². The summed E-state index contributed by atoms with van der Waals surface area (Å²) in [5.74, 6) is -1.52. The van der Waals surface area contributed by atoms with Crippen molar-refractivity contribution < 1.29 is 14.4 Å². The van der Waals surface area contributed by atoms with Gasteiger partial charge in [0.2, 0.25) is 0 Å². The number of hydrogen-bond acceptors (Lipinski definition) is 7. The highest BCUT2D eigenvalue weighted by atomic mass is 35.5. The minimum Gasteiger partial charge on any atom is -0.271 e. The topological polar surface area (TPSA) is 98.0 Å². The molecule has 0 N–H and O–H groups in total. The van der Waals surface area contributed by atoms with Crippen LogP contribution < -0.4 is 4.90 Å². The Morgan fingerprint density at radius 1 is 0.915 bits per heavy atom. The standard InChI is InChI=1S/C34H28Cl4N6O3/c1-17-5-3-6-18(2)30(17)43-33(46)29-32(34(43)47)42(41-39-29)16-27(45)44-31(23-12-11-22(36)15-26(23)38)24-8-4-7-20(28(24)40-44)13-19-9-10-21(35)14-25(19)37/h3,5-6,9-15,24,29,31-32H,4,7-8,16H2,1-2H3/b20-13+/t24-,29+,31-,32-/m1/s1. The summed E-state index contributed by atoms with van der Waals surface area (Å²) in [7, 11) is 0. The van der Waals surface area contributed by atoms with Gasteiger partial charge in [-0.1, -0.05) is 82.0 Å². The second kappa shape index (κ2) is 12.4. The molecule has 0 unspecified atom stereocenters. The smallest absolute Gasteiger partial charge is 0.264 e. The maximum atomic E-state index is 14.2. The molecule has 4 atom stereocenters. The molecular formula is C34H28Cl4N6O3. The molecule has 3 heterocycles. The molecule has 3 amide bonds. The number of carbonyl (C=O) groups excluding carboxylic acids is 3. The van der Waals surface area contributed by atoms with Crippen LogP contribution in [0.5, 0.6) is 0 Å². The second-order valence-electron chi connectivity index (χ2n) is 12.1. The molecule has 0 spiro atoms. The predicted molar refractivity (Wildman–Crippen MR) is 183 cm³/mol. The van der Waals surface area contributed by atoms with Crippen molar-refractivity contribution in [1.29, 1.82) is 0 Å². The van der Waals surface area contributed by atoms with E-state index in [2.05, 4.69) is 10.3 Å². The van der Waals surface area contributed by atoms with Gasteiger partial charge in [-0.25, -0.2) is 9.91 Å². The molecule has 0 aromatic heterocycles. The summed E-state index contributed by atoms with van der Waals surface area (Å²) in [6, 6.07) is 13.5. The summed E-state index contributed by atoms with van der Waals surface area (Å²) in [6.45, 7) is 3.37. The fraction of sp³-hybridized carbons (Fsp3) is 0.294. The van der Waals surface area contributed by atoms with Gasteiger partial charge in [-0.2, -0.15) is 10.2 Å². The van der Waals surface area contributed by atoms with E-state index in [0.29, 0.717) is 31.3 Å². The number of rotatable bonds is 5. The Kier molecular flexibility index (Phi) is 8.37. The maximum absolute atomic E-state index is 14.2. The normalized spacial score (nSPS) is 24.3. The second-order valence-corrected chi connectivity index (χ2v) is 13.8. The number of aryl methyl sites for hydroxylation is 2. The molecule has 3 aromatic carbocycles. The number of hydrazone groups is 1. The molecular weight excluding hydrogens is 682 g/mol. The molecule has 3 aromatic rings. The number of hydrogen-bond donors (Lipinski definition) is 0. The van der Waals surface area contributed by atoms with E-state index in [9.17, 15) is 14.4 Å². The highest BCUT2D eigenvalue weighted by molar-refractivity contribution is 6.36. The van der Waals surface area contributed by atoms with Crippen molar-refractivity contribution in [2.75, 3.05) is 11.4 Å². The summed E-state index contributed by atoms with van der Waals surface area (Å²) in [5, 5.41) is 17.8. The van der Waals surface area contributed by atoms with Crippen LogP contribution in [-0.2, 0) is 14.4 Å². The summed E-state index contributed by atoms with van der Waals surface area (Å²) in [6.07, 6.45) is 4.36. The molecule has 1 aliphatic carbocycles. The fourth-order valence-corrected chi connectivity index (χ4v) is 7.99. The van der Waals surface area contributed by atoms with E-state index < -0.39 is 35.8 Å². The predicted octanol–water partition coefficient (Wildman–Crippen LogP) is 8.03. The lowest BCUT2D eigenvalue weighted by Gasteiger charge is -2.31.